The van der Waals surface area contributed by atoms with Gasteiger partial charge in [0.1, 0.15) is 0 Å². The van der Waals surface area contributed by atoms with Crippen LogP contribution in [0.4, 0.5) is 4.79 Å². The Labute approximate surface area is 159 Å². The number of amides is 1. The van der Waals surface area contributed by atoms with Gasteiger partial charge in [-0.1, -0.05) is 48.4 Å². The Morgan fingerprint density at radius 3 is 2.85 bits per heavy atom. The molecule has 1 heterocycles. The average molecular weight is 371 g/mol. The smallest absolute Gasteiger partial charge is 0.411 e. The molecule has 27 heavy (non-hydrogen) atoms. The van der Waals surface area contributed by atoms with E-state index in [0.29, 0.717) is 32.3 Å². The third-order valence-corrected chi connectivity index (χ3v) is 4.18. The first kappa shape index (κ1) is 20.5. The van der Waals surface area contributed by atoms with E-state index in [1.54, 1.807) is 6.08 Å². The van der Waals surface area contributed by atoms with E-state index in [0.717, 1.165) is 5.56 Å². The lowest BCUT2D eigenvalue weighted by molar-refractivity contribution is -0.137. The summed E-state index contributed by atoms with van der Waals surface area (Å²) in [4.78, 5) is 24.0. The summed E-state index contributed by atoms with van der Waals surface area (Å²) in [6.07, 6.45) is 4.70. The number of carbonyl (C=O) groups excluding carboxylic acids is 1. The molecule has 0 radical (unpaired) electrons. The van der Waals surface area contributed by atoms with Crippen LogP contribution in [0.1, 0.15) is 31.2 Å². The molecule has 1 aliphatic heterocycles. The number of ether oxygens (including phenoxy) is 1. The third-order valence-electron chi connectivity index (χ3n) is 4.18. The number of aliphatic hydroxyl groups is 1. The molecule has 2 N–H and O–H groups in total. The quantitative estimate of drug-likeness (QED) is 0.417. The summed E-state index contributed by atoms with van der Waals surface area (Å²) in [5, 5.41) is 18.8. The number of carboxylic acids is 1. The van der Waals surface area contributed by atoms with E-state index in [4.69, 9.17) is 9.84 Å². The number of carboxylic acid groups (broad SMARTS) is 1. The van der Waals surface area contributed by atoms with Gasteiger partial charge in [-0.25, -0.2) is 4.79 Å². The summed E-state index contributed by atoms with van der Waals surface area (Å²) in [5.74, 6) is 4.96. The second kappa shape index (κ2) is 11.0. The van der Waals surface area contributed by atoms with Crippen molar-refractivity contribution in [3.8, 4) is 11.8 Å². The van der Waals surface area contributed by atoms with Crippen LogP contribution in [0.25, 0.3) is 0 Å². The molecule has 144 valence electrons. The van der Waals surface area contributed by atoms with Gasteiger partial charge in [-0.3, -0.25) is 9.69 Å². The van der Waals surface area contributed by atoms with Crippen LogP contribution in [0, 0.1) is 11.8 Å². The lowest BCUT2D eigenvalue weighted by Crippen LogP contribution is -2.44. The molecule has 6 heteroatoms. The maximum atomic E-state index is 12.0. The molecule has 2 rings (SSSR count). The summed E-state index contributed by atoms with van der Waals surface area (Å²) in [6, 6.07) is 9.53. The molecule has 1 unspecified atom stereocenters. The van der Waals surface area contributed by atoms with Gasteiger partial charge < -0.3 is 14.9 Å². The maximum absolute atomic E-state index is 12.0. The van der Waals surface area contributed by atoms with Crippen molar-refractivity contribution in [3.05, 3.63) is 48.0 Å². The predicted molar refractivity (Wildman–Crippen MR) is 101 cm³/mol. The molecule has 1 fully saturated rings. The van der Waals surface area contributed by atoms with Gasteiger partial charge >= 0.3 is 12.1 Å². The minimum absolute atomic E-state index is 0.0884. The molecule has 0 aromatic heterocycles. The fourth-order valence-electron chi connectivity index (χ4n) is 2.76. The van der Waals surface area contributed by atoms with Gasteiger partial charge in [0.15, 0.2) is 0 Å². The number of cyclic esters (lactones) is 1. The molecule has 0 spiro atoms. The van der Waals surface area contributed by atoms with E-state index in [1.165, 1.54) is 4.90 Å². The van der Waals surface area contributed by atoms with Crippen molar-refractivity contribution in [1.29, 1.82) is 0 Å². The standard InChI is InChI=1S/C21H25NO5/c23-19(16-17-8-4-3-5-9-17)12-11-18-13-15-27-21(26)22(18)14-7-2-1-6-10-20(24)25/h3-5,8-9,11-12,18-19,23H,1,6,10,13-16H2,(H,24,25)/t18-,19?/m0/s1. The minimum Gasteiger partial charge on any atom is -0.481 e. The number of aliphatic hydroxyl groups excluding tert-OH is 1. The lowest BCUT2D eigenvalue weighted by Gasteiger charge is -2.31. The summed E-state index contributed by atoms with van der Waals surface area (Å²) in [6.45, 7) is 0.556. The van der Waals surface area contributed by atoms with Crippen LogP contribution in [0.3, 0.4) is 0 Å². The minimum atomic E-state index is -0.837. The van der Waals surface area contributed by atoms with Crippen LogP contribution < -0.4 is 0 Å². The van der Waals surface area contributed by atoms with Crippen molar-refractivity contribution in [1.82, 2.24) is 4.90 Å². The first-order chi connectivity index (χ1) is 13.1. The lowest BCUT2D eigenvalue weighted by atomic mass is 10.1. The fourth-order valence-corrected chi connectivity index (χ4v) is 2.76. The number of rotatable bonds is 8. The molecule has 6 nitrogen and oxygen atoms in total. The number of benzene rings is 1. The molecular weight excluding hydrogens is 346 g/mol. The van der Waals surface area contributed by atoms with E-state index in [2.05, 4.69) is 11.8 Å². The number of nitrogens with zero attached hydrogens (tertiary/aromatic N) is 1. The van der Waals surface area contributed by atoms with Gasteiger partial charge in [-0.05, 0) is 12.0 Å². The van der Waals surface area contributed by atoms with Crippen molar-refractivity contribution >= 4 is 12.1 Å². The average Bonchev–Trinajstić information content (AvgIpc) is 2.65. The van der Waals surface area contributed by atoms with Gasteiger partial charge in [0.2, 0.25) is 0 Å². The van der Waals surface area contributed by atoms with Crippen LogP contribution in [-0.2, 0) is 16.0 Å². The van der Waals surface area contributed by atoms with Gasteiger partial charge in [0.25, 0.3) is 0 Å². The first-order valence-corrected chi connectivity index (χ1v) is 9.07. The zero-order chi connectivity index (χ0) is 19.5. The van der Waals surface area contributed by atoms with Crippen LogP contribution in [0.5, 0.6) is 0 Å². The molecular formula is C21H25NO5. The molecule has 0 aliphatic carbocycles. The van der Waals surface area contributed by atoms with Crippen molar-refractivity contribution in [2.75, 3.05) is 13.2 Å². The Morgan fingerprint density at radius 2 is 2.11 bits per heavy atom. The number of hydrogen-bond acceptors (Lipinski definition) is 4. The third kappa shape index (κ3) is 7.55. The zero-order valence-corrected chi connectivity index (χ0v) is 15.2. The SMILES string of the molecule is O=C(O)CCCC#CCN1C(=O)OCC[C@@H]1C=CC(O)Cc1ccccc1. The van der Waals surface area contributed by atoms with Crippen LogP contribution in [-0.4, -0.2) is 52.5 Å². The van der Waals surface area contributed by atoms with Crippen molar-refractivity contribution in [2.24, 2.45) is 0 Å². The van der Waals surface area contributed by atoms with Crippen molar-refractivity contribution in [2.45, 2.75) is 44.2 Å². The van der Waals surface area contributed by atoms with E-state index < -0.39 is 18.2 Å². The molecule has 1 aromatic carbocycles. The topological polar surface area (TPSA) is 87.1 Å². The normalized spacial score (nSPS) is 17.9. The highest BCUT2D eigenvalue weighted by atomic mass is 16.6. The van der Waals surface area contributed by atoms with Crippen molar-refractivity contribution in [3.63, 3.8) is 0 Å². The van der Waals surface area contributed by atoms with Crippen LogP contribution in [0.2, 0.25) is 0 Å². The highest BCUT2D eigenvalue weighted by Gasteiger charge is 2.27. The fraction of sp³-hybridized carbons (Fsp3) is 0.429. The molecule has 1 amide bonds. The number of carbonyl (C=O) groups is 2. The van der Waals surface area contributed by atoms with E-state index in [-0.39, 0.29) is 19.0 Å². The Balaban J connectivity index is 1.87. The second-order valence-electron chi connectivity index (χ2n) is 6.34. The van der Waals surface area contributed by atoms with Gasteiger partial charge in [0.05, 0.1) is 25.3 Å². The molecule has 1 aromatic rings. The Bertz CT molecular complexity index is 704. The maximum Gasteiger partial charge on any atom is 0.411 e. The van der Waals surface area contributed by atoms with Crippen LogP contribution in [0.15, 0.2) is 42.5 Å². The van der Waals surface area contributed by atoms with E-state index in [9.17, 15) is 14.7 Å². The molecule has 0 saturated carbocycles. The molecule has 2 atom stereocenters. The highest BCUT2D eigenvalue weighted by Crippen LogP contribution is 2.15. The van der Waals surface area contributed by atoms with E-state index in [1.807, 2.05) is 36.4 Å². The Morgan fingerprint density at radius 1 is 1.33 bits per heavy atom. The number of hydrogen-bond donors (Lipinski definition) is 2. The van der Waals surface area contributed by atoms with Gasteiger partial charge in [-0.15, -0.1) is 5.92 Å². The summed E-state index contributed by atoms with van der Waals surface area (Å²) >= 11 is 0. The van der Waals surface area contributed by atoms with Crippen molar-refractivity contribution < 1.29 is 24.5 Å². The molecule has 1 aliphatic rings. The van der Waals surface area contributed by atoms with Gasteiger partial charge in [-0.2, -0.15) is 0 Å². The first-order valence-electron chi connectivity index (χ1n) is 9.07. The largest absolute Gasteiger partial charge is 0.481 e. The summed E-state index contributed by atoms with van der Waals surface area (Å²) in [5.41, 5.74) is 1.04. The highest BCUT2D eigenvalue weighted by molar-refractivity contribution is 5.69. The summed E-state index contributed by atoms with van der Waals surface area (Å²) in [7, 11) is 0. The van der Waals surface area contributed by atoms with Crippen LogP contribution >= 0.6 is 0 Å². The Kier molecular flexibility index (Phi) is 8.40. The second-order valence-corrected chi connectivity index (χ2v) is 6.34. The predicted octanol–water partition coefficient (Wildman–Crippen LogP) is 2.62. The Hall–Kier alpha value is -2.78. The number of unbranched alkanes of at least 4 members (excludes halogenated alkanes) is 1. The van der Waals surface area contributed by atoms with E-state index >= 15 is 0 Å². The zero-order valence-electron chi connectivity index (χ0n) is 15.2. The monoisotopic (exact) mass is 371 g/mol. The number of aliphatic carboxylic acids is 1. The van der Waals surface area contributed by atoms with Gasteiger partial charge in [0, 0.05) is 25.7 Å². The summed E-state index contributed by atoms with van der Waals surface area (Å²) < 4.78 is 5.08. The molecule has 0 bridgehead atoms. The molecule has 1 saturated heterocycles.